The molecule has 3 amide bonds. The van der Waals surface area contributed by atoms with E-state index in [2.05, 4.69) is 5.32 Å². The van der Waals surface area contributed by atoms with Crippen LogP contribution in [0.3, 0.4) is 0 Å². The fourth-order valence-corrected chi connectivity index (χ4v) is 4.97. The number of hydrogen-bond donors (Lipinski definition) is 1. The molecule has 0 aliphatic rings. The molecular weight excluding hydrogens is 498 g/mol. The van der Waals surface area contributed by atoms with Crippen LogP contribution in [0.5, 0.6) is 11.5 Å². The summed E-state index contributed by atoms with van der Waals surface area (Å²) in [5, 5.41) is 5.02. The monoisotopic (exact) mass is 537 g/mol. The highest BCUT2D eigenvalue weighted by molar-refractivity contribution is 7.09. The molecule has 0 bridgehead atoms. The van der Waals surface area contributed by atoms with E-state index in [-0.39, 0.29) is 24.4 Å². The molecule has 0 saturated carbocycles. The zero-order valence-electron chi connectivity index (χ0n) is 23.2. The summed E-state index contributed by atoms with van der Waals surface area (Å²) in [4.78, 5) is 31.5. The first-order valence-electron chi connectivity index (χ1n) is 12.8. The minimum absolute atomic E-state index is 0.00618. The number of carbonyl (C=O) groups excluding carboxylic acids is 2. The summed E-state index contributed by atoms with van der Waals surface area (Å²) in [6.45, 7) is 9.57. The number of thiophene rings is 1. The number of benzene rings is 2. The van der Waals surface area contributed by atoms with Crippen molar-refractivity contribution in [2.45, 2.75) is 40.7 Å². The number of nitrogens with zero attached hydrogens (tertiary/aromatic N) is 2. The summed E-state index contributed by atoms with van der Waals surface area (Å²) >= 11 is 1.62. The summed E-state index contributed by atoms with van der Waals surface area (Å²) in [6, 6.07) is 15.5. The molecule has 0 saturated heterocycles. The van der Waals surface area contributed by atoms with Gasteiger partial charge in [-0.15, -0.1) is 11.3 Å². The Morgan fingerprint density at radius 1 is 0.974 bits per heavy atom. The van der Waals surface area contributed by atoms with Gasteiger partial charge in [0.15, 0.2) is 11.5 Å². The summed E-state index contributed by atoms with van der Waals surface area (Å²) in [7, 11) is 3.22. The molecule has 0 aliphatic heterocycles. The van der Waals surface area contributed by atoms with Crippen molar-refractivity contribution in [3.63, 3.8) is 0 Å². The van der Waals surface area contributed by atoms with Crippen LogP contribution in [0.2, 0.25) is 0 Å². The Hall–Kier alpha value is -3.52. The molecule has 1 heterocycles. The van der Waals surface area contributed by atoms with Crippen LogP contribution < -0.4 is 14.8 Å². The lowest BCUT2D eigenvalue weighted by Crippen LogP contribution is -2.46. The van der Waals surface area contributed by atoms with E-state index in [9.17, 15) is 9.59 Å². The Balaban J connectivity index is 1.76. The largest absolute Gasteiger partial charge is 0.493 e. The molecule has 0 spiro atoms. The van der Waals surface area contributed by atoms with Gasteiger partial charge in [-0.2, -0.15) is 0 Å². The normalized spacial score (nSPS) is 10.8. The molecule has 0 fully saturated rings. The van der Waals surface area contributed by atoms with Crippen molar-refractivity contribution in [3.8, 4) is 11.5 Å². The van der Waals surface area contributed by atoms with Crippen molar-refractivity contribution >= 4 is 29.0 Å². The van der Waals surface area contributed by atoms with Gasteiger partial charge in [-0.1, -0.05) is 43.7 Å². The van der Waals surface area contributed by atoms with E-state index in [0.29, 0.717) is 37.6 Å². The average Bonchev–Trinajstić information content (AvgIpc) is 3.40. The van der Waals surface area contributed by atoms with Crippen molar-refractivity contribution in [2.24, 2.45) is 5.92 Å². The van der Waals surface area contributed by atoms with Gasteiger partial charge in [-0.25, -0.2) is 4.79 Å². The molecule has 3 aromatic rings. The highest BCUT2D eigenvalue weighted by Gasteiger charge is 2.23. The molecule has 1 aromatic heterocycles. The lowest BCUT2D eigenvalue weighted by atomic mass is 10.1. The topological polar surface area (TPSA) is 71.1 Å². The molecule has 0 radical (unpaired) electrons. The number of methoxy groups -OCH3 is 2. The third-order valence-electron chi connectivity index (χ3n) is 6.22. The van der Waals surface area contributed by atoms with E-state index in [1.807, 2.05) is 86.5 Å². The maximum absolute atomic E-state index is 13.6. The second-order valence-electron chi connectivity index (χ2n) is 9.86. The Morgan fingerprint density at radius 2 is 1.74 bits per heavy atom. The van der Waals surface area contributed by atoms with Crippen LogP contribution in [0.4, 0.5) is 10.5 Å². The number of nitrogens with one attached hydrogen (secondary N) is 1. The molecule has 1 N–H and O–H groups in total. The first-order valence-corrected chi connectivity index (χ1v) is 13.7. The van der Waals surface area contributed by atoms with Gasteiger partial charge in [0.05, 0.1) is 20.8 Å². The van der Waals surface area contributed by atoms with Crippen LogP contribution in [0.15, 0.2) is 53.9 Å². The molecule has 38 heavy (non-hydrogen) atoms. The molecule has 204 valence electrons. The molecule has 0 unspecified atom stereocenters. The van der Waals surface area contributed by atoms with Gasteiger partial charge in [-0.3, -0.25) is 4.79 Å². The summed E-state index contributed by atoms with van der Waals surface area (Å²) in [6.07, 6.45) is 0.649. The predicted octanol–water partition coefficient (Wildman–Crippen LogP) is 6.14. The zero-order chi connectivity index (χ0) is 27.7. The lowest BCUT2D eigenvalue weighted by Gasteiger charge is -2.29. The van der Waals surface area contributed by atoms with Gasteiger partial charge < -0.3 is 24.6 Å². The van der Waals surface area contributed by atoms with E-state index >= 15 is 0 Å². The number of ether oxygens (including phenoxy) is 2. The van der Waals surface area contributed by atoms with Crippen LogP contribution in [-0.4, -0.2) is 55.6 Å². The van der Waals surface area contributed by atoms with Crippen molar-refractivity contribution in [3.05, 3.63) is 75.5 Å². The van der Waals surface area contributed by atoms with E-state index in [1.54, 1.807) is 30.5 Å². The lowest BCUT2D eigenvalue weighted by molar-refractivity contribution is -0.132. The Morgan fingerprint density at radius 3 is 2.37 bits per heavy atom. The fraction of sp³-hybridized carbons (Fsp3) is 0.400. The van der Waals surface area contributed by atoms with Crippen LogP contribution in [-0.2, 0) is 17.8 Å². The third kappa shape index (κ3) is 8.25. The molecule has 0 aliphatic carbocycles. The minimum atomic E-state index is -0.269. The van der Waals surface area contributed by atoms with Gasteiger partial charge in [-0.05, 0) is 67.0 Å². The number of hydrogen-bond acceptors (Lipinski definition) is 5. The Bertz CT molecular complexity index is 1210. The van der Waals surface area contributed by atoms with E-state index in [0.717, 1.165) is 27.3 Å². The van der Waals surface area contributed by atoms with Crippen LogP contribution in [0.1, 0.15) is 35.4 Å². The molecule has 3 rings (SSSR count). The molecule has 8 heteroatoms. The summed E-state index contributed by atoms with van der Waals surface area (Å²) in [5.74, 6) is 1.45. The molecule has 2 aromatic carbocycles. The van der Waals surface area contributed by atoms with Crippen molar-refractivity contribution in [2.75, 3.05) is 39.2 Å². The standard InChI is InChI=1S/C30H39N3O4S/c1-21(2)18-33(30(35)31-26-11-9-22(3)16-23(26)4)20-29(34)32(19-25-8-7-15-38-25)14-13-24-10-12-27(36-5)28(17-24)37-6/h7-12,15-17,21H,13-14,18-20H2,1-6H3,(H,31,35). The van der Waals surface area contributed by atoms with E-state index < -0.39 is 0 Å². The van der Waals surface area contributed by atoms with Crippen molar-refractivity contribution in [1.82, 2.24) is 9.80 Å². The zero-order valence-corrected chi connectivity index (χ0v) is 24.1. The van der Waals surface area contributed by atoms with Gasteiger partial charge in [0.2, 0.25) is 5.91 Å². The quantitative estimate of drug-likeness (QED) is 0.301. The highest BCUT2D eigenvalue weighted by Crippen LogP contribution is 2.28. The van der Waals surface area contributed by atoms with Gasteiger partial charge in [0.25, 0.3) is 0 Å². The maximum Gasteiger partial charge on any atom is 0.322 e. The second kappa shape index (κ2) is 13.9. The minimum Gasteiger partial charge on any atom is -0.493 e. The first-order chi connectivity index (χ1) is 18.2. The highest BCUT2D eigenvalue weighted by atomic mass is 32.1. The van der Waals surface area contributed by atoms with E-state index in [1.165, 1.54) is 0 Å². The second-order valence-corrected chi connectivity index (χ2v) is 10.9. The number of urea groups is 1. The molecular formula is C30H39N3O4S. The summed E-state index contributed by atoms with van der Waals surface area (Å²) in [5.41, 5.74) is 3.92. The summed E-state index contributed by atoms with van der Waals surface area (Å²) < 4.78 is 10.8. The number of rotatable bonds is 12. The number of anilines is 1. The Labute approximate surface area is 230 Å². The van der Waals surface area contributed by atoms with Gasteiger partial charge in [0, 0.05) is 23.7 Å². The average molecular weight is 538 g/mol. The number of aryl methyl sites for hydroxylation is 2. The van der Waals surface area contributed by atoms with Crippen molar-refractivity contribution in [1.29, 1.82) is 0 Å². The predicted molar refractivity (Wildman–Crippen MR) is 154 cm³/mol. The van der Waals surface area contributed by atoms with Crippen molar-refractivity contribution < 1.29 is 19.1 Å². The van der Waals surface area contributed by atoms with Gasteiger partial charge in [0.1, 0.15) is 6.54 Å². The van der Waals surface area contributed by atoms with E-state index in [4.69, 9.17) is 9.47 Å². The third-order valence-corrected chi connectivity index (χ3v) is 7.08. The van der Waals surface area contributed by atoms with Crippen LogP contribution >= 0.6 is 11.3 Å². The number of amides is 3. The molecule has 0 atom stereocenters. The molecule has 7 nitrogen and oxygen atoms in total. The maximum atomic E-state index is 13.6. The van der Waals surface area contributed by atoms with Crippen LogP contribution in [0.25, 0.3) is 0 Å². The SMILES string of the molecule is COc1ccc(CCN(Cc2cccs2)C(=O)CN(CC(C)C)C(=O)Nc2ccc(C)cc2C)cc1OC. The smallest absolute Gasteiger partial charge is 0.322 e. The number of carbonyl (C=O) groups is 2. The van der Waals surface area contributed by atoms with Gasteiger partial charge >= 0.3 is 6.03 Å². The van der Waals surface area contributed by atoms with Crippen LogP contribution in [0, 0.1) is 19.8 Å². The first kappa shape index (κ1) is 29.0. The fourth-order valence-electron chi connectivity index (χ4n) is 4.25. The Kier molecular flexibility index (Phi) is 10.6.